The van der Waals surface area contributed by atoms with Crippen LogP contribution in [0.2, 0.25) is 5.02 Å². The second-order valence-corrected chi connectivity index (χ2v) is 7.49. The first kappa shape index (κ1) is 22.0. The Morgan fingerprint density at radius 3 is 2.57 bits per heavy atom. The van der Waals surface area contributed by atoms with Gasteiger partial charge >= 0.3 is 5.97 Å². The molecule has 0 aliphatic heterocycles. The highest BCUT2D eigenvalue weighted by atomic mass is 79.9. The Morgan fingerprint density at radius 1 is 1.17 bits per heavy atom. The summed E-state index contributed by atoms with van der Waals surface area (Å²) in [5, 5.41) is 0.252. The van der Waals surface area contributed by atoms with Gasteiger partial charge in [0, 0.05) is 23.4 Å². The SMILES string of the molecule is COC(=O)c1ccc(Cl)c(-n2c(C)cc(OCc3ccc(F)cc3F)c(Br)c2=O)c1. The molecule has 1 heterocycles. The zero-order chi connectivity index (χ0) is 22.0. The lowest BCUT2D eigenvalue weighted by Gasteiger charge is -2.16. The summed E-state index contributed by atoms with van der Waals surface area (Å²) in [4.78, 5) is 24.8. The van der Waals surface area contributed by atoms with E-state index in [-0.39, 0.29) is 33.0 Å². The number of rotatable bonds is 5. The molecule has 0 bridgehead atoms. The van der Waals surface area contributed by atoms with Crippen LogP contribution in [-0.4, -0.2) is 17.6 Å². The fourth-order valence-electron chi connectivity index (χ4n) is 2.81. The van der Waals surface area contributed by atoms with Crippen molar-refractivity contribution in [2.24, 2.45) is 0 Å². The lowest BCUT2D eigenvalue weighted by atomic mass is 10.2. The van der Waals surface area contributed by atoms with Gasteiger partial charge in [-0.2, -0.15) is 0 Å². The number of carbonyl (C=O) groups excluding carboxylic acids is 1. The second kappa shape index (κ2) is 8.97. The average molecular weight is 499 g/mol. The number of nitrogens with zero attached hydrogens (tertiary/aromatic N) is 1. The first-order valence-electron chi connectivity index (χ1n) is 8.60. The lowest BCUT2D eigenvalue weighted by molar-refractivity contribution is 0.0600. The van der Waals surface area contributed by atoms with Gasteiger partial charge in [-0.15, -0.1) is 0 Å². The third kappa shape index (κ3) is 4.39. The molecule has 0 spiro atoms. The summed E-state index contributed by atoms with van der Waals surface area (Å²) in [5.41, 5.74) is 0.625. The number of benzene rings is 2. The van der Waals surface area contributed by atoms with Gasteiger partial charge in [-0.05, 0) is 53.2 Å². The average Bonchev–Trinajstić information content (AvgIpc) is 2.71. The van der Waals surface area contributed by atoms with E-state index >= 15 is 0 Å². The third-order valence-electron chi connectivity index (χ3n) is 4.31. The van der Waals surface area contributed by atoms with Crippen LogP contribution in [0.5, 0.6) is 5.75 Å². The molecule has 5 nitrogen and oxygen atoms in total. The van der Waals surface area contributed by atoms with Gasteiger partial charge in [0.25, 0.3) is 5.56 Å². The third-order valence-corrected chi connectivity index (χ3v) is 5.36. The van der Waals surface area contributed by atoms with E-state index in [0.29, 0.717) is 11.4 Å². The van der Waals surface area contributed by atoms with Gasteiger partial charge in [0.2, 0.25) is 0 Å². The number of aryl methyl sites for hydroxylation is 1. The zero-order valence-electron chi connectivity index (χ0n) is 15.8. The Hall–Kier alpha value is -2.71. The quantitative estimate of drug-likeness (QED) is 0.454. The molecule has 0 N–H and O–H groups in total. The van der Waals surface area contributed by atoms with Gasteiger partial charge in [-0.25, -0.2) is 13.6 Å². The molecule has 0 aliphatic rings. The van der Waals surface area contributed by atoms with Crippen molar-refractivity contribution in [1.29, 1.82) is 0 Å². The van der Waals surface area contributed by atoms with Crippen LogP contribution in [0.4, 0.5) is 8.78 Å². The molecule has 0 fully saturated rings. The van der Waals surface area contributed by atoms with Crippen molar-refractivity contribution in [1.82, 2.24) is 4.57 Å². The Bertz CT molecular complexity index is 1200. The van der Waals surface area contributed by atoms with Gasteiger partial charge in [0.05, 0.1) is 23.4 Å². The number of pyridine rings is 1. The summed E-state index contributed by atoms with van der Waals surface area (Å²) in [6, 6.07) is 9.14. The predicted molar refractivity (Wildman–Crippen MR) is 112 cm³/mol. The van der Waals surface area contributed by atoms with Gasteiger partial charge in [0.1, 0.15) is 28.5 Å². The van der Waals surface area contributed by atoms with E-state index in [1.165, 1.54) is 35.9 Å². The standard InChI is InChI=1S/C21H15BrClF2NO4/c1-11-7-18(30-10-13-3-5-14(24)9-16(13)25)19(22)20(27)26(11)17-8-12(21(28)29-2)4-6-15(17)23/h3-9H,10H2,1-2H3. The topological polar surface area (TPSA) is 57.5 Å². The maximum absolute atomic E-state index is 13.8. The highest BCUT2D eigenvalue weighted by molar-refractivity contribution is 9.10. The second-order valence-electron chi connectivity index (χ2n) is 6.29. The summed E-state index contributed by atoms with van der Waals surface area (Å²) < 4.78 is 38.5. The molecule has 0 unspecified atom stereocenters. The zero-order valence-corrected chi connectivity index (χ0v) is 18.2. The molecule has 0 amide bonds. The molecule has 1 aromatic heterocycles. The van der Waals surface area contributed by atoms with Crippen molar-refractivity contribution >= 4 is 33.5 Å². The summed E-state index contributed by atoms with van der Waals surface area (Å²) in [5.74, 6) is -1.83. The molecule has 3 aromatic rings. The van der Waals surface area contributed by atoms with Crippen LogP contribution in [0.1, 0.15) is 21.6 Å². The minimum Gasteiger partial charge on any atom is -0.487 e. The Labute approximate surface area is 183 Å². The van der Waals surface area contributed by atoms with Crippen LogP contribution in [0, 0.1) is 18.6 Å². The van der Waals surface area contributed by atoms with Crippen molar-refractivity contribution < 1.29 is 23.0 Å². The van der Waals surface area contributed by atoms with E-state index in [9.17, 15) is 18.4 Å². The number of hydrogen-bond donors (Lipinski definition) is 0. The molecule has 2 aromatic carbocycles. The Morgan fingerprint density at radius 2 is 1.90 bits per heavy atom. The minimum absolute atomic E-state index is 0.0788. The molecular weight excluding hydrogens is 484 g/mol. The predicted octanol–water partition coefficient (Wildman–Crippen LogP) is 5.21. The summed E-state index contributed by atoms with van der Waals surface area (Å²) in [7, 11) is 1.25. The van der Waals surface area contributed by atoms with Gasteiger partial charge < -0.3 is 9.47 Å². The molecule has 30 heavy (non-hydrogen) atoms. The van der Waals surface area contributed by atoms with Crippen LogP contribution < -0.4 is 10.3 Å². The van der Waals surface area contributed by atoms with Crippen LogP contribution in [0.3, 0.4) is 0 Å². The highest BCUT2D eigenvalue weighted by Gasteiger charge is 2.18. The van der Waals surface area contributed by atoms with E-state index in [1.54, 1.807) is 13.0 Å². The maximum Gasteiger partial charge on any atom is 0.337 e. The Kier molecular flexibility index (Phi) is 6.58. The first-order chi connectivity index (χ1) is 14.2. The van der Waals surface area contributed by atoms with Gasteiger partial charge in [-0.1, -0.05) is 11.6 Å². The van der Waals surface area contributed by atoms with Gasteiger partial charge in [-0.3, -0.25) is 9.36 Å². The number of carbonyl (C=O) groups is 1. The summed E-state index contributed by atoms with van der Waals surface area (Å²) in [6.07, 6.45) is 0. The fraction of sp³-hybridized carbons (Fsp3) is 0.143. The monoisotopic (exact) mass is 497 g/mol. The molecule has 3 rings (SSSR count). The van der Waals surface area contributed by atoms with Crippen molar-refractivity contribution in [2.75, 3.05) is 7.11 Å². The van der Waals surface area contributed by atoms with Crippen molar-refractivity contribution in [3.63, 3.8) is 0 Å². The molecule has 9 heteroatoms. The molecule has 156 valence electrons. The number of methoxy groups -OCH3 is 1. The minimum atomic E-state index is -0.748. The van der Waals surface area contributed by atoms with Crippen molar-refractivity contribution in [3.8, 4) is 11.4 Å². The molecule has 0 aliphatic carbocycles. The van der Waals surface area contributed by atoms with Crippen LogP contribution in [-0.2, 0) is 11.3 Å². The van der Waals surface area contributed by atoms with E-state index < -0.39 is 23.2 Å². The first-order valence-corrected chi connectivity index (χ1v) is 9.77. The summed E-state index contributed by atoms with van der Waals surface area (Å²) in [6.45, 7) is 1.45. The Balaban J connectivity index is 2.00. The molecule has 0 saturated carbocycles. The van der Waals surface area contributed by atoms with Gasteiger partial charge in [0.15, 0.2) is 0 Å². The normalized spacial score (nSPS) is 10.7. The smallest absolute Gasteiger partial charge is 0.337 e. The van der Waals surface area contributed by atoms with E-state index in [4.69, 9.17) is 21.1 Å². The molecular formula is C21H15BrClF2NO4. The highest BCUT2D eigenvalue weighted by Crippen LogP contribution is 2.28. The maximum atomic E-state index is 13.8. The molecule has 0 saturated heterocycles. The summed E-state index contributed by atoms with van der Waals surface area (Å²) >= 11 is 9.46. The van der Waals surface area contributed by atoms with E-state index in [0.717, 1.165) is 12.1 Å². The van der Waals surface area contributed by atoms with Crippen LogP contribution in [0.15, 0.2) is 51.7 Å². The van der Waals surface area contributed by atoms with Crippen LogP contribution in [0.25, 0.3) is 5.69 Å². The number of ether oxygens (including phenoxy) is 2. The largest absolute Gasteiger partial charge is 0.487 e. The van der Waals surface area contributed by atoms with Crippen LogP contribution >= 0.6 is 27.5 Å². The molecule has 0 radical (unpaired) electrons. The lowest BCUT2D eigenvalue weighted by Crippen LogP contribution is -2.22. The van der Waals surface area contributed by atoms with E-state index in [1.807, 2.05) is 0 Å². The number of hydrogen-bond acceptors (Lipinski definition) is 4. The number of esters is 1. The number of halogens is 4. The van der Waals surface area contributed by atoms with Crippen molar-refractivity contribution in [3.05, 3.63) is 90.8 Å². The van der Waals surface area contributed by atoms with Crippen molar-refractivity contribution in [2.45, 2.75) is 13.5 Å². The molecule has 0 atom stereocenters. The number of aromatic nitrogens is 1. The van der Waals surface area contributed by atoms with E-state index in [2.05, 4.69) is 15.9 Å². The fourth-order valence-corrected chi connectivity index (χ4v) is 3.42.